The summed E-state index contributed by atoms with van der Waals surface area (Å²) >= 11 is 0. The minimum absolute atomic E-state index is 0.0575. The maximum Gasteiger partial charge on any atom is 0.229 e. The number of amides is 1. The topological polar surface area (TPSA) is 50.4 Å². The largest absolute Gasteiger partial charge is 0.488 e. The zero-order valence-electron chi connectivity index (χ0n) is 14.8. The first kappa shape index (κ1) is 16.2. The fourth-order valence-corrected chi connectivity index (χ4v) is 3.77. The molecule has 2 N–H and O–H groups in total. The summed E-state index contributed by atoms with van der Waals surface area (Å²) in [6.07, 6.45) is 2.60. The molecule has 1 amide bonds. The van der Waals surface area contributed by atoms with E-state index in [1.165, 1.54) is 22.3 Å². The van der Waals surface area contributed by atoms with Gasteiger partial charge in [0.2, 0.25) is 5.91 Å². The number of hydrogen-bond acceptors (Lipinski definition) is 3. The van der Waals surface area contributed by atoms with Crippen molar-refractivity contribution in [3.05, 3.63) is 58.1 Å². The van der Waals surface area contributed by atoms with E-state index in [9.17, 15) is 4.79 Å². The minimum Gasteiger partial charge on any atom is -0.488 e. The van der Waals surface area contributed by atoms with Crippen LogP contribution in [0.5, 0.6) is 5.75 Å². The smallest absolute Gasteiger partial charge is 0.229 e. The number of carbonyl (C=O) groups excluding carboxylic acids is 1. The molecule has 0 fully saturated rings. The van der Waals surface area contributed by atoms with Crippen molar-refractivity contribution in [2.45, 2.75) is 45.8 Å². The Balaban J connectivity index is 1.40. The number of benzene rings is 2. The van der Waals surface area contributed by atoms with E-state index in [1.807, 2.05) is 6.07 Å². The molecular formula is C21H24N2O2. The summed E-state index contributed by atoms with van der Waals surface area (Å²) in [6.45, 7) is 5.95. The quantitative estimate of drug-likeness (QED) is 0.901. The van der Waals surface area contributed by atoms with E-state index in [0.29, 0.717) is 6.42 Å². The molecule has 0 aliphatic carbocycles. The molecule has 2 aliphatic rings. The number of aryl methyl sites for hydroxylation is 3. The zero-order valence-corrected chi connectivity index (χ0v) is 14.8. The summed E-state index contributed by atoms with van der Waals surface area (Å²) in [4.78, 5) is 11.7. The highest BCUT2D eigenvalue weighted by molar-refractivity contribution is 6.00. The Kier molecular flexibility index (Phi) is 4.22. The molecule has 0 saturated heterocycles. The molecule has 2 heterocycles. The molecule has 2 aromatic rings. The number of nitrogens with one attached hydrogen (secondary N) is 2. The number of anilines is 1. The summed E-state index contributed by atoms with van der Waals surface area (Å²) in [5.74, 6) is 0.988. The van der Waals surface area contributed by atoms with Crippen LogP contribution < -0.4 is 15.4 Å². The van der Waals surface area contributed by atoms with Crippen molar-refractivity contribution in [3.8, 4) is 5.75 Å². The molecule has 0 spiro atoms. The van der Waals surface area contributed by atoms with E-state index in [4.69, 9.17) is 4.74 Å². The Morgan fingerprint density at radius 3 is 2.96 bits per heavy atom. The third-order valence-corrected chi connectivity index (χ3v) is 5.16. The summed E-state index contributed by atoms with van der Waals surface area (Å²) in [5, 5.41) is 6.43. The lowest BCUT2D eigenvalue weighted by Gasteiger charge is -2.28. The van der Waals surface area contributed by atoms with Crippen LogP contribution in [0.2, 0.25) is 0 Å². The Hall–Kier alpha value is -2.33. The van der Waals surface area contributed by atoms with Gasteiger partial charge in [-0.15, -0.1) is 0 Å². The highest BCUT2D eigenvalue weighted by atomic mass is 16.5. The molecule has 1 atom stereocenters. The van der Waals surface area contributed by atoms with Crippen LogP contribution in [0.25, 0.3) is 0 Å². The predicted octanol–water partition coefficient (Wildman–Crippen LogP) is 3.28. The highest BCUT2D eigenvalue weighted by Crippen LogP contribution is 2.38. The Labute approximate surface area is 148 Å². The van der Waals surface area contributed by atoms with Gasteiger partial charge in [-0.25, -0.2) is 0 Å². The van der Waals surface area contributed by atoms with Gasteiger partial charge < -0.3 is 15.4 Å². The van der Waals surface area contributed by atoms with Crippen molar-refractivity contribution in [1.29, 1.82) is 0 Å². The van der Waals surface area contributed by atoms with E-state index in [0.717, 1.165) is 42.9 Å². The first-order valence-corrected chi connectivity index (χ1v) is 8.98. The van der Waals surface area contributed by atoms with Gasteiger partial charge in [0.1, 0.15) is 11.9 Å². The lowest BCUT2D eigenvalue weighted by Crippen LogP contribution is -2.34. The maximum atomic E-state index is 11.7. The third kappa shape index (κ3) is 3.27. The molecule has 4 rings (SSSR count). The van der Waals surface area contributed by atoms with Crippen molar-refractivity contribution < 1.29 is 9.53 Å². The van der Waals surface area contributed by atoms with Crippen molar-refractivity contribution in [1.82, 2.24) is 5.32 Å². The Morgan fingerprint density at radius 2 is 2.12 bits per heavy atom. The van der Waals surface area contributed by atoms with Crippen LogP contribution in [0.1, 0.15) is 34.2 Å². The number of fused-ring (bicyclic) bond motifs is 3. The molecule has 4 heteroatoms. The second-order valence-electron chi connectivity index (χ2n) is 7.14. The SMILES string of the molecule is Cc1ccc(CNC[C@H]2CCc3ccc4c(c3O2)CC(=O)N4)c(C)c1. The highest BCUT2D eigenvalue weighted by Gasteiger charge is 2.28. The molecule has 130 valence electrons. The van der Waals surface area contributed by atoms with Crippen LogP contribution in [0, 0.1) is 13.8 Å². The van der Waals surface area contributed by atoms with Gasteiger partial charge in [0.25, 0.3) is 0 Å². The first-order chi connectivity index (χ1) is 12.1. The van der Waals surface area contributed by atoms with Crippen molar-refractivity contribution in [2.24, 2.45) is 0 Å². The number of ether oxygens (including phenoxy) is 1. The first-order valence-electron chi connectivity index (χ1n) is 8.98. The third-order valence-electron chi connectivity index (χ3n) is 5.16. The minimum atomic E-state index is 0.0575. The molecule has 4 nitrogen and oxygen atoms in total. The molecule has 2 aromatic carbocycles. The molecule has 0 bridgehead atoms. The lowest BCUT2D eigenvalue weighted by molar-refractivity contribution is -0.115. The van der Waals surface area contributed by atoms with Gasteiger partial charge in [0.05, 0.1) is 6.42 Å². The summed E-state index contributed by atoms with van der Waals surface area (Å²) in [6, 6.07) is 10.7. The molecule has 0 unspecified atom stereocenters. The van der Waals surface area contributed by atoms with E-state index in [1.54, 1.807) is 0 Å². The van der Waals surface area contributed by atoms with Gasteiger partial charge in [0, 0.05) is 24.3 Å². The normalized spacial score (nSPS) is 18.3. The van der Waals surface area contributed by atoms with Gasteiger partial charge in [-0.3, -0.25) is 4.79 Å². The van der Waals surface area contributed by atoms with Gasteiger partial charge >= 0.3 is 0 Å². The van der Waals surface area contributed by atoms with Crippen LogP contribution >= 0.6 is 0 Å². The fraction of sp³-hybridized carbons (Fsp3) is 0.381. The average Bonchev–Trinajstić information content (AvgIpc) is 2.97. The molecule has 2 aliphatic heterocycles. The van der Waals surface area contributed by atoms with Crippen LogP contribution in [0.4, 0.5) is 5.69 Å². The zero-order chi connectivity index (χ0) is 17.4. The molecule has 0 radical (unpaired) electrons. The standard InChI is InChI=1S/C21H24N2O2/c1-13-3-4-16(14(2)9-13)11-22-12-17-7-5-15-6-8-19-18(21(15)25-17)10-20(24)23-19/h3-4,6,8-9,17,22H,5,7,10-12H2,1-2H3,(H,23,24)/t17-/m1/s1. The van der Waals surface area contributed by atoms with Crippen LogP contribution in [0.15, 0.2) is 30.3 Å². The van der Waals surface area contributed by atoms with E-state index >= 15 is 0 Å². The number of carbonyl (C=O) groups is 1. The number of hydrogen-bond donors (Lipinski definition) is 2. The number of rotatable bonds is 4. The monoisotopic (exact) mass is 336 g/mol. The van der Waals surface area contributed by atoms with Gasteiger partial charge in [-0.2, -0.15) is 0 Å². The Bertz CT molecular complexity index is 829. The lowest BCUT2D eigenvalue weighted by atomic mass is 9.97. The van der Waals surface area contributed by atoms with Crippen molar-refractivity contribution >= 4 is 11.6 Å². The molecule has 0 saturated carbocycles. The molecule has 0 aromatic heterocycles. The second-order valence-corrected chi connectivity index (χ2v) is 7.14. The van der Waals surface area contributed by atoms with Gasteiger partial charge in [0.15, 0.2) is 0 Å². The van der Waals surface area contributed by atoms with Crippen LogP contribution in [0.3, 0.4) is 0 Å². The second kappa shape index (κ2) is 6.52. The molecule has 25 heavy (non-hydrogen) atoms. The fourth-order valence-electron chi connectivity index (χ4n) is 3.77. The van der Waals surface area contributed by atoms with Gasteiger partial charge in [-0.1, -0.05) is 29.8 Å². The van der Waals surface area contributed by atoms with Crippen LogP contribution in [-0.4, -0.2) is 18.6 Å². The van der Waals surface area contributed by atoms with E-state index < -0.39 is 0 Å². The van der Waals surface area contributed by atoms with Gasteiger partial charge in [-0.05, 0) is 49.4 Å². The Morgan fingerprint density at radius 1 is 1.24 bits per heavy atom. The maximum absolute atomic E-state index is 11.7. The molecular weight excluding hydrogens is 312 g/mol. The average molecular weight is 336 g/mol. The van der Waals surface area contributed by atoms with E-state index in [2.05, 4.69) is 48.7 Å². The van der Waals surface area contributed by atoms with E-state index in [-0.39, 0.29) is 12.0 Å². The van der Waals surface area contributed by atoms with Crippen molar-refractivity contribution in [3.63, 3.8) is 0 Å². The van der Waals surface area contributed by atoms with Crippen LogP contribution in [-0.2, 0) is 24.2 Å². The van der Waals surface area contributed by atoms with Crippen molar-refractivity contribution in [2.75, 3.05) is 11.9 Å². The summed E-state index contributed by atoms with van der Waals surface area (Å²) < 4.78 is 6.26. The summed E-state index contributed by atoms with van der Waals surface area (Å²) in [5.41, 5.74) is 7.11. The predicted molar refractivity (Wildman–Crippen MR) is 99.1 cm³/mol. The summed E-state index contributed by atoms with van der Waals surface area (Å²) in [7, 11) is 0.